The summed E-state index contributed by atoms with van der Waals surface area (Å²) >= 11 is 3.23. The predicted octanol–water partition coefficient (Wildman–Crippen LogP) is 2.39. The second-order valence-corrected chi connectivity index (χ2v) is 3.93. The molecular weight excluding hydrogens is 246 g/mol. The zero-order valence-corrected chi connectivity index (χ0v) is 9.91. The van der Waals surface area contributed by atoms with Crippen LogP contribution in [0.5, 0.6) is 6.01 Å². The smallest absolute Gasteiger partial charge is 0.319 e. The molecule has 1 atom stereocenters. The molecule has 0 bridgehead atoms. The maximum absolute atomic E-state index is 5.55. The number of rotatable bonds is 4. The van der Waals surface area contributed by atoms with E-state index in [4.69, 9.17) is 10.5 Å². The van der Waals surface area contributed by atoms with Gasteiger partial charge in [-0.05, 0) is 29.3 Å². The molecule has 0 spiro atoms. The van der Waals surface area contributed by atoms with E-state index in [1.54, 1.807) is 6.07 Å². The second kappa shape index (κ2) is 5.14. The summed E-state index contributed by atoms with van der Waals surface area (Å²) in [6.45, 7) is 4.10. The highest BCUT2D eigenvalue weighted by Gasteiger charge is 2.06. The van der Waals surface area contributed by atoms with Crippen LogP contribution in [0.3, 0.4) is 0 Å². The van der Waals surface area contributed by atoms with Crippen LogP contribution >= 0.6 is 15.9 Å². The molecule has 0 radical (unpaired) electrons. The molecule has 5 heteroatoms. The molecule has 14 heavy (non-hydrogen) atoms. The summed E-state index contributed by atoms with van der Waals surface area (Å²) in [6, 6.07) is 1.97. The lowest BCUT2D eigenvalue weighted by Crippen LogP contribution is -2.13. The van der Waals surface area contributed by atoms with E-state index in [1.807, 2.05) is 6.92 Å². The Labute approximate surface area is 92.0 Å². The molecule has 78 valence electrons. The van der Waals surface area contributed by atoms with Gasteiger partial charge in [-0.15, -0.1) is 0 Å². The summed E-state index contributed by atoms with van der Waals surface area (Å²) in [7, 11) is 0. The number of hydrogen-bond donors (Lipinski definition) is 1. The fourth-order valence-corrected chi connectivity index (χ4v) is 1.50. The highest BCUT2D eigenvalue weighted by atomic mass is 79.9. The van der Waals surface area contributed by atoms with Crippen molar-refractivity contribution < 1.29 is 4.74 Å². The molecule has 0 aliphatic heterocycles. The lowest BCUT2D eigenvalue weighted by molar-refractivity contribution is 0.192. The maximum atomic E-state index is 5.55. The third-order valence-corrected chi connectivity index (χ3v) is 2.10. The molecule has 2 N–H and O–H groups in total. The molecule has 1 aromatic heterocycles. The van der Waals surface area contributed by atoms with Gasteiger partial charge in [-0.3, -0.25) is 0 Å². The largest absolute Gasteiger partial charge is 0.460 e. The summed E-state index contributed by atoms with van der Waals surface area (Å²) < 4.78 is 6.13. The van der Waals surface area contributed by atoms with E-state index in [2.05, 4.69) is 32.8 Å². The van der Waals surface area contributed by atoms with Gasteiger partial charge in [-0.25, -0.2) is 0 Å². The number of nitrogen functional groups attached to an aromatic ring is 1. The van der Waals surface area contributed by atoms with Crippen LogP contribution in [0.25, 0.3) is 0 Å². The summed E-state index contributed by atoms with van der Waals surface area (Å²) in [5.74, 6) is 0.408. The van der Waals surface area contributed by atoms with E-state index in [1.165, 1.54) is 0 Å². The molecule has 0 saturated carbocycles. The lowest BCUT2D eigenvalue weighted by atomic mass is 10.2. The van der Waals surface area contributed by atoms with Crippen molar-refractivity contribution in [3.8, 4) is 6.01 Å². The monoisotopic (exact) mass is 259 g/mol. The minimum atomic E-state index is 0.119. The van der Waals surface area contributed by atoms with Crippen molar-refractivity contribution in [3.05, 3.63) is 10.7 Å². The molecule has 1 unspecified atom stereocenters. The average Bonchev–Trinajstić information content (AvgIpc) is 2.01. The first kappa shape index (κ1) is 11.2. The van der Waals surface area contributed by atoms with E-state index in [9.17, 15) is 0 Å². The molecular formula is C9H14BrN3O. The third-order valence-electron chi connectivity index (χ3n) is 1.70. The SMILES string of the molecule is CCCC(C)Oc1nc(N)cc(Br)n1. The van der Waals surface area contributed by atoms with Gasteiger partial charge < -0.3 is 10.5 Å². The zero-order valence-electron chi connectivity index (χ0n) is 8.33. The van der Waals surface area contributed by atoms with Crippen molar-refractivity contribution in [2.45, 2.75) is 32.8 Å². The molecule has 4 nitrogen and oxygen atoms in total. The molecule has 1 aromatic rings. The van der Waals surface area contributed by atoms with E-state index < -0.39 is 0 Å². The number of nitrogens with two attached hydrogens (primary N) is 1. The van der Waals surface area contributed by atoms with Crippen LogP contribution in [0.2, 0.25) is 0 Å². The van der Waals surface area contributed by atoms with Gasteiger partial charge in [0.1, 0.15) is 10.4 Å². The Balaban J connectivity index is 2.66. The van der Waals surface area contributed by atoms with Gasteiger partial charge in [0.2, 0.25) is 0 Å². The highest BCUT2D eigenvalue weighted by Crippen LogP contribution is 2.15. The Hall–Kier alpha value is -0.840. The topological polar surface area (TPSA) is 61.0 Å². The Kier molecular flexibility index (Phi) is 4.13. The van der Waals surface area contributed by atoms with Gasteiger partial charge in [0.15, 0.2) is 0 Å². The van der Waals surface area contributed by atoms with Crippen molar-refractivity contribution in [2.75, 3.05) is 5.73 Å². The summed E-state index contributed by atoms with van der Waals surface area (Å²) in [6.07, 6.45) is 2.18. The van der Waals surface area contributed by atoms with Crippen LogP contribution < -0.4 is 10.5 Å². The minimum Gasteiger partial charge on any atom is -0.460 e. The van der Waals surface area contributed by atoms with Gasteiger partial charge in [0.25, 0.3) is 0 Å². The number of hydrogen-bond acceptors (Lipinski definition) is 4. The fraction of sp³-hybridized carbons (Fsp3) is 0.556. The molecule has 0 aliphatic carbocycles. The first-order valence-electron chi connectivity index (χ1n) is 4.58. The Morgan fingerprint density at radius 1 is 1.57 bits per heavy atom. The molecule has 0 aliphatic rings. The first-order valence-corrected chi connectivity index (χ1v) is 5.37. The molecule has 0 fully saturated rings. The van der Waals surface area contributed by atoms with Crippen molar-refractivity contribution in [3.63, 3.8) is 0 Å². The van der Waals surface area contributed by atoms with Crippen molar-refractivity contribution >= 4 is 21.7 Å². The van der Waals surface area contributed by atoms with Crippen LogP contribution in [0.15, 0.2) is 10.7 Å². The molecule has 1 heterocycles. The van der Waals surface area contributed by atoms with Gasteiger partial charge in [0.05, 0.1) is 6.10 Å². The number of halogens is 1. The number of aromatic nitrogens is 2. The van der Waals surface area contributed by atoms with Crippen LogP contribution in [0.4, 0.5) is 5.82 Å². The van der Waals surface area contributed by atoms with Crippen LogP contribution in [0.1, 0.15) is 26.7 Å². The quantitative estimate of drug-likeness (QED) is 0.844. The Morgan fingerprint density at radius 3 is 2.86 bits per heavy atom. The summed E-state index contributed by atoms with van der Waals surface area (Å²) in [5.41, 5.74) is 5.55. The fourth-order valence-electron chi connectivity index (χ4n) is 1.11. The van der Waals surface area contributed by atoms with Gasteiger partial charge >= 0.3 is 6.01 Å². The standard InChI is InChI=1S/C9H14BrN3O/c1-3-4-6(2)14-9-12-7(10)5-8(11)13-9/h5-6H,3-4H2,1-2H3,(H2,11,12,13). The number of nitrogens with zero attached hydrogens (tertiary/aromatic N) is 2. The molecule has 0 amide bonds. The molecule has 1 rings (SSSR count). The highest BCUT2D eigenvalue weighted by molar-refractivity contribution is 9.10. The van der Waals surface area contributed by atoms with Gasteiger partial charge in [-0.1, -0.05) is 13.3 Å². The van der Waals surface area contributed by atoms with E-state index >= 15 is 0 Å². The predicted molar refractivity (Wildman–Crippen MR) is 59.1 cm³/mol. The van der Waals surface area contributed by atoms with Gasteiger partial charge in [-0.2, -0.15) is 9.97 Å². The van der Waals surface area contributed by atoms with Crippen LogP contribution in [-0.2, 0) is 0 Å². The normalized spacial score (nSPS) is 12.5. The maximum Gasteiger partial charge on any atom is 0.319 e. The average molecular weight is 260 g/mol. The Morgan fingerprint density at radius 2 is 2.29 bits per heavy atom. The van der Waals surface area contributed by atoms with Crippen LogP contribution in [-0.4, -0.2) is 16.1 Å². The number of ether oxygens (including phenoxy) is 1. The lowest BCUT2D eigenvalue weighted by Gasteiger charge is -2.11. The summed E-state index contributed by atoms with van der Waals surface area (Å²) in [5, 5.41) is 0. The van der Waals surface area contributed by atoms with E-state index in [0.29, 0.717) is 16.4 Å². The van der Waals surface area contributed by atoms with Crippen molar-refractivity contribution in [1.29, 1.82) is 0 Å². The first-order chi connectivity index (χ1) is 6.61. The van der Waals surface area contributed by atoms with Crippen molar-refractivity contribution in [1.82, 2.24) is 9.97 Å². The second-order valence-electron chi connectivity index (χ2n) is 3.12. The molecule has 0 saturated heterocycles. The molecule has 0 aromatic carbocycles. The van der Waals surface area contributed by atoms with E-state index in [0.717, 1.165) is 12.8 Å². The zero-order chi connectivity index (χ0) is 10.6. The number of anilines is 1. The third kappa shape index (κ3) is 3.49. The van der Waals surface area contributed by atoms with Crippen molar-refractivity contribution in [2.24, 2.45) is 0 Å². The minimum absolute atomic E-state index is 0.119. The van der Waals surface area contributed by atoms with Crippen LogP contribution in [0, 0.1) is 0 Å². The Bertz CT molecular complexity index is 286. The van der Waals surface area contributed by atoms with E-state index in [-0.39, 0.29) is 6.10 Å². The van der Waals surface area contributed by atoms with Gasteiger partial charge in [0, 0.05) is 6.07 Å². The summed E-state index contributed by atoms with van der Waals surface area (Å²) in [4.78, 5) is 8.03.